The monoisotopic (exact) mass is 363 g/mol. The summed E-state index contributed by atoms with van der Waals surface area (Å²) >= 11 is 2.06. The first-order valence-corrected chi connectivity index (χ1v) is 10.7. The van der Waals surface area contributed by atoms with Gasteiger partial charge in [-0.3, -0.25) is 4.90 Å². The molecule has 0 bridgehead atoms. The second kappa shape index (κ2) is 7.58. The number of carbonyl (C=O) groups excluding carboxylic acids is 1. The molecule has 4 rings (SSSR count). The highest BCUT2D eigenvalue weighted by Gasteiger charge is 2.37. The number of likely N-dealkylation sites (tertiary alicyclic amines) is 1. The maximum atomic E-state index is 12.8. The predicted octanol–water partition coefficient (Wildman–Crippen LogP) is 2.09. The zero-order valence-corrected chi connectivity index (χ0v) is 15.9. The smallest absolute Gasteiger partial charge is 0.317 e. The van der Waals surface area contributed by atoms with E-state index >= 15 is 0 Å². The number of hydrogen-bond donors (Lipinski definition) is 1. The van der Waals surface area contributed by atoms with Gasteiger partial charge < -0.3 is 14.8 Å². The predicted molar refractivity (Wildman–Crippen MR) is 101 cm³/mol. The summed E-state index contributed by atoms with van der Waals surface area (Å²) in [5, 5.41) is 3.27. The zero-order valence-electron chi connectivity index (χ0n) is 15.1. The molecule has 1 N–H and O–H groups in total. The third-order valence-corrected chi connectivity index (χ3v) is 6.77. The number of rotatable bonds is 4. The molecular weight excluding hydrogens is 334 g/mol. The van der Waals surface area contributed by atoms with Crippen molar-refractivity contribution in [1.29, 1.82) is 0 Å². The van der Waals surface area contributed by atoms with Crippen molar-refractivity contribution >= 4 is 17.8 Å². The van der Waals surface area contributed by atoms with Crippen LogP contribution in [0.4, 0.5) is 4.79 Å². The average Bonchev–Trinajstić information content (AvgIpc) is 3.41. The molecule has 2 saturated heterocycles. The van der Waals surface area contributed by atoms with Gasteiger partial charge in [-0.05, 0) is 31.6 Å². The fraction of sp³-hybridized carbons (Fsp3) is 0.778. The van der Waals surface area contributed by atoms with Gasteiger partial charge in [-0.25, -0.2) is 9.78 Å². The Morgan fingerprint density at radius 2 is 1.92 bits per heavy atom. The highest BCUT2D eigenvalue weighted by atomic mass is 32.2. The molecule has 3 heterocycles. The topological polar surface area (TPSA) is 53.4 Å². The molecular formula is C18H29N5OS. The number of aromatic nitrogens is 2. The van der Waals surface area contributed by atoms with Gasteiger partial charge >= 0.3 is 6.03 Å². The van der Waals surface area contributed by atoms with Gasteiger partial charge in [-0.1, -0.05) is 0 Å². The number of hydrogen-bond acceptors (Lipinski definition) is 4. The lowest BCUT2D eigenvalue weighted by Gasteiger charge is -2.40. The number of imidazole rings is 1. The van der Waals surface area contributed by atoms with Crippen LogP contribution in [0.3, 0.4) is 0 Å². The third kappa shape index (κ3) is 3.97. The van der Waals surface area contributed by atoms with E-state index in [0.717, 1.165) is 31.8 Å². The molecule has 25 heavy (non-hydrogen) atoms. The van der Waals surface area contributed by atoms with Crippen molar-refractivity contribution in [2.24, 2.45) is 13.0 Å². The molecule has 0 aromatic carbocycles. The summed E-state index contributed by atoms with van der Waals surface area (Å²) < 4.78 is 2.03. The van der Waals surface area contributed by atoms with Crippen LogP contribution in [0.15, 0.2) is 12.4 Å². The van der Waals surface area contributed by atoms with E-state index in [4.69, 9.17) is 0 Å². The van der Waals surface area contributed by atoms with Crippen LogP contribution >= 0.6 is 11.8 Å². The molecule has 0 radical (unpaired) electrons. The van der Waals surface area contributed by atoms with Crippen LogP contribution < -0.4 is 5.32 Å². The first-order chi connectivity index (χ1) is 12.2. The van der Waals surface area contributed by atoms with Crippen LogP contribution in [0.1, 0.15) is 37.5 Å². The van der Waals surface area contributed by atoms with Crippen molar-refractivity contribution in [3.63, 3.8) is 0 Å². The van der Waals surface area contributed by atoms with Gasteiger partial charge in [-0.2, -0.15) is 11.8 Å². The summed E-state index contributed by atoms with van der Waals surface area (Å²) in [6, 6.07) is 0.815. The number of nitrogens with zero attached hydrogens (tertiary/aromatic N) is 4. The van der Waals surface area contributed by atoms with Crippen molar-refractivity contribution in [3.8, 4) is 0 Å². The number of urea groups is 1. The Morgan fingerprint density at radius 3 is 2.52 bits per heavy atom. The van der Waals surface area contributed by atoms with Crippen LogP contribution in [0.5, 0.6) is 0 Å². The van der Waals surface area contributed by atoms with Gasteiger partial charge in [0.25, 0.3) is 0 Å². The van der Waals surface area contributed by atoms with Crippen LogP contribution in [-0.4, -0.2) is 69.1 Å². The quantitative estimate of drug-likeness (QED) is 0.890. The zero-order chi connectivity index (χ0) is 17.2. The minimum atomic E-state index is 0.0596. The fourth-order valence-corrected chi connectivity index (χ4v) is 5.03. The van der Waals surface area contributed by atoms with Crippen molar-refractivity contribution in [1.82, 2.24) is 24.7 Å². The molecule has 0 spiro atoms. The standard InChI is InChI=1S/C18H29N5OS/c1-21-9-6-19-17(21)16(14-2-3-14)20-18(24)23-7-4-15(5-8-23)22-10-12-25-13-11-22/h6,9,14-16H,2-5,7-8,10-13H2,1H3,(H,20,24)/t16-/m1/s1. The number of aryl methyl sites for hydroxylation is 1. The summed E-state index contributed by atoms with van der Waals surface area (Å²) in [6.45, 7) is 4.17. The van der Waals surface area contributed by atoms with Crippen LogP contribution in [0.25, 0.3) is 0 Å². The van der Waals surface area contributed by atoms with Crippen LogP contribution in [-0.2, 0) is 7.05 Å². The summed E-state index contributed by atoms with van der Waals surface area (Å²) in [4.78, 5) is 21.9. The van der Waals surface area contributed by atoms with Crippen molar-refractivity contribution < 1.29 is 4.79 Å². The second-order valence-corrected chi connectivity index (χ2v) is 8.75. The Kier molecular flexibility index (Phi) is 5.22. The van der Waals surface area contributed by atoms with Gasteiger partial charge in [0.2, 0.25) is 0 Å². The Balaban J connectivity index is 1.32. The third-order valence-electron chi connectivity index (χ3n) is 5.82. The van der Waals surface area contributed by atoms with E-state index < -0.39 is 0 Å². The summed E-state index contributed by atoms with van der Waals surface area (Å²) in [5.74, 6) is 4.05. The molecule has 1 aliphatic carbocycles. The Labute approximate surface area is 154 Å². The largest absolute Gasteiger partial charge is 0.336 e. The molecule has 1 aromatic rings. The number of nitrogens with one attached hydrogen (secondary N) is 1. The second-order valence-electron chi connectivity index (χ2n) is 7.53. The highest BCUT2D eigenvalue weighted by Crippen LogP contribution is 2.40. The molecule has 2 amide bonds. The van der Waals surface area contributed by atoms with E-state index in [0.29, 0.717) is 12.0 Å². The first-order valence-electron chi connectivity index (χ1n) is 9.57. The Morgan fingerprint density at radius 1 is 1.20 bits per heavy atom. The number of amides is 2. The Bertz CT molecular complexity index is 588. The molecule has 0 unspecified atom stereocenters. The fourth-order valence-electron chi connectivity index (χ4n) is 4.10. The molecule has 6 nitrogen and oxygen atoms in total. The van der Waals surface area contributed by atoms with E-state index in [1.54, 1.807) is 0 Å². The van der Waals surface area contributed by atoms with Gasteiger partial charge in [0.05, 0.1) is 6.04 Å². The van der Waals surface area contributed by atoms with Crippen molar-refractivity contribution in [2.75, 3.05) is 37.7 Å². The molecule has 1 saturated carbocycles. The van der Waals surface area contributed by atoms with Gasteiger partial charge in [0.1, 0.15) is 5.82 Å². The molecule has 2 aliphatic heterocycles. The molecule has 7 heteroatoms. The number of thioether (sulfide) groups is 1. The molecule has 138 valence electrons. The SMILES string of the molecule is Cn1ccnc1[C@H](NC(=O)N1CCC(N2CCSCC2)CC1)C1CC1. The minimum absolute atomic E-state index is 0.0596. The molecule has 1 aromatic heterocycles. The normalized spacial score (nSPS) is 24.3. The molecule has 3 aliphatic rings. The van der Waals surface area contributed by atoms with Crippen LogP contribution in [0, 0.1) is 5.92 Å². The summed E-state index contributed by atoms with van der Waals surface area (Å²) in [6.07, 6.45) is 8.36. The van der Waals surface area contributed by atoms with Crippen molar-refractivity contribution in [2.45, 2.75) is 37.8 Å². The summed E-state index contributed by atoms with van der Waals surface area (Å²) in [5.41, 5.74) is 0. The first kappa shape index (κ1) is 17.2. The lowest BCUT2D eigenvalue weighted by atomic mass is 10.0. The minimum Gasteiger partial charge on any atom is -0.336 e. The van der Waals surface area contributed by atoms with Crippen LogP contribution in [0.2, 0.25) is 0 Å². The lowest BCUT2D eigenvalue weighted by molar-refractivity contribution is 0.122. The van der Waals surface area contributed by atoms with Crippen molar-refractivity contribution in [3.05, 3.63) is 18.2 Å². The van der Waals surface area contributed by atoms with E-state index in [2.05, 4.69) is 27.0 Å². The van der Waals surface area contributed by atoms with E-state index in [1.807, 2.05) is 28.9 Å². The number of carbonyl (C=O) groups is 1. The molecule has 1 atom stereocenters. The van der Waals surface area contributed by atoms with Gasteiger partial charge in [0.15, 0.2) is 0 Å². The Hall–Kier alpha value is -1.21. The maximum absolute atomic E-state index is 12.8. The number of piperidine rings is 1. The van der Waals surface area contributed by atoms with E-state index in [1.165, 1.54) is 37.4 Å². The summed E-state index contributed by atoms with van der Waals surface area (Å²) in [7, 11) is 2.01. The maximum Gasteiger partial charge on any atom is 0.317 e. The van der Waals surface area contributed by atoms with Gasteiger partial charge in [0, 0.05) is 63.2 Å². The lowest BCUT2D eigenvalue weighted by Crippen LogP contribution is -2.51. The van der Waals surface area contributed by atoms with E-state index in [-0.39, 0.29) is 12.1 Å². The van der Waals surface area contributed by atoms with E-state index in [9.17, 15) is 4.79 Å². The average molecular weight is 364 g/mol. The molecule has 3 fully saturated rings. The highest BCUT2D eigenvalue weighted by molar-refractivity contribution is 7.99. The van der Waals surface area contributed by atoms with Gasteiger partial charge in [-0.15, -0.1) is 0 Å².